The van der Waals surface area contributed by atoms with Crippen molar-refractivity contribution in [3.63, 3.8) is 0 Å². The van der Waals surface area contributed by atoms with E-state index in [0.717, 1.165) is 17.1 Å². The van der Waals surface area contributed by atoms with Gasteiger partial charge in [-0.25, -0.2) is 4.98 Å². The Hall–Kier alpha value is -1.64. The van der Waals surface area contributed by atoms with Gasteiger partial charge < -0.3 is 4.98 Å². The van der Waals surface area contributed by atoms with Gasteiger partial charge in [0.25, 0.3) is 0 Å². The first-order valence-corrected chi connectivity index (χ1v) is 3.78. The number of hydrogen-bond acceptors (Lipinski definition) is 2. The first-order valence-electron chi connectivity index (χ1n) is 3.78. The third kappa shape index (κ3) is 1.21. The zero-order valence-corrected chi connectivity index (χ0v) is 6.78. The molecule has 12 heavy (non-hydrogen) atoms. The summed E-state index contributed by atoms with van der Waals surface area (Å²) >= 11 is 0. The van der Waals surface area contributed by atoms with Gasteiger partial charge in [-0.1, -0.05) is 0 Å². The summed E-state index contributed by atoms with van der Waals surface area (Å²) in [6.07, 6.45) is 5.44. The number of H-pyrrole nitrogens is 1. The zero-order valence-electron chi connectivity index (χ0n) is 6.78. The molecule has 3 heteroatoms. The van der Waals surface area contributed by atoms with E-state index in [-0.39, 0.29) is 0 Å². The van der Waals surface area contributed by atoms with Crippen molar-refractivity contribution in [2.24, 2.45) is 0 Å². The highest BCUT2D eigenvalue weighted by Crippen LogP contribution is 2.13. The summed E-state index contributed by atoms with van der Waals surface area (Å²) in [5.41, 5.74) is 1.99. The number of rotatable bonds is 1. The summed E-state index contributed by atoms with van der Waals surface area (Å²) in [5.74, 6) is 0.925. The average Bonchev–Trinajstić information content (AvgIpc) is 2.54. The maximum absolute atomic E-state index is 4.29. The number of hydrogen-bond donors (Lipinski definition) is 1. The Bertz CT molecular complexity index is 364. The first kappa shape index (κ1) is 7.03. The van der Waals surface area contributed by atoms with E-state index in [1.807, 2.05) is 25.3 Å². The molecule has 0 unspecified atom stereocenters. The Kier molecular flexibility index (Phi) is 1.63. The Labute approximate surface area is 70.5 Å². The van der Waals surface area contributed by atoms with E-state index in [4.69, 9.17) is 0 Å². The van der Waals surface area contributed by atoms with Crippen molar-refractivity contribution in [1.82, 2.24) is 15.0 Å². The lowest BCUT2D eigenvalue weighted by atomic mass is 10.2. The van der Waals surface area contributed by atoms with Crippen molar-refractivity contribution in [2.45, 2.75) is 6.92 Å². The largest absolute Gasteiger partial charge is 0.348 e. The molecule has 0 atom stereocenters. The van der Waals surface area contributed by atoms with Gasteiger partial charge in [0.05, 0.1) is 5.69 Å². The van der Waals surface area contributed by atoms with Gasteiger partial charge in [-0.3, -0.25) is 4.98 Å². The molecule has 2 heterocycles. The minimum atomic E-state index is 0.925. The second kappa shape index (κ2) is 2.77. The number of nitrogens with zero attached hydrogens (tertiary/aromatic N) is 2. The van der Waals surface area contributed by atoms with Crippen molar-refractivity contribution in [3.05, 3.63) is 36.5 Å². The van der Waals surface area contributed by atoms with Crippen molar-refractivity contribution < 1.29 is 0 Å². The monoisotopic (exact) mass is 159 g/mol. The van der Waals surface area contributed by atoms with Gasteiger partial charge in [0.1, 0.15) is 5.82 Å². The molecule has 0 radical (unpaired) electrons. The molecule has 0 fully saturated rings. The van der Waals surface area contributed by atoms with Crippen molar-refractivity contribution in [2.75, 3.05) is 0 Å². The van der Waals surface area contributed by atoms with Crippen molar-refractivity contribution in [1.29, 1.82) is 0 Å². The van der Waals surface area contributed by atoms with E-state index in [1.54, 1.807) is 12.4 Å². The SMILES string of the molecule is Cc1nc(-c2cccnc2)c[nH]1. The van der Waals surface area contributed by atoms with Crippen LogP contribution in [0.3, 0.4) is 0 Å². The lowest BCUT2D eigenvalue weighted by Gasteiger charge is -1.91. The summed E-state index contributed by atoms with van der Waals surface area (Å²) in [6, 6.07) is 3.89. The number of aromatic amines is 1. The van der Waals surface area contributed by atoms with Crippen molar-refractivity contribution >= 4 is 0 Å². The van der Waals surface area contributed by atoms with Crippen LogP contribution in [-0.4, -0.2) is 15.0 Å². The Morgan fingerprint density at radius 2 is 2.33 bits per heavy atom. The van der Waals surface area contributed by atoms with E-state index >= 15 is 0 Å². The Morgan fingerprint density at radius 1 is 1.42 bits per heavy atom. The van der Waals surface area contributed by atoms with Gasteiger partial charge in [-0.15, -0.1) is 0 Å². The van der Waals surface area contributed by atoms with Crippen LogP contribution in [0.5, 0.6) is 0 Å². The van der Waals surface area contributed by atoms with E-state index in [1.165, 1.54) is 0 Å². The lowest BCUT2D eigenvalue weighted by Crippen LogP contribution is -1.78. The number of aryl methyl sites for hydroxylation is 1. The standard InChI is InChI=1S/C9H9N3/c1-7-11-6-9(12-7)8-3-2-4-10-5-8/h2-6H,1H3,(H,11,12). The molecule has 60 valence electrons. The normalized spacial score (nSPS) is 10.1. The minimum absolute atomic E-state index is 0.925. The van der Waals surface area contributed by atoms with Crippen LogP contribution in [0.2, 0.25) is 0 Å². The quantitative estimate of drug-likeness (QED) is 0.689. The molecule has 0 spiro atoms. The summed E-state index contributed by atoms with van der Waals surface area (Å²) < 4.78 is 0. The van der Waals surface area contributed by atoms with E-state index in [9.17, 15) is 0 Å². The molecule has 0 aliphatic rings. The fourth-order valence-corrected chi connectivity index (χ4v) is 1.08. The van der Waals surface area contributed by atoms with Gasteiger partial charge in [0.15, 0.2) is 0 Å². The molecule has 0 saturated carbocycles. The molecule has 3 nitrogen and oxygen atoms in total. The molecule has 0 saturated heterocycles. The van der Waals surface area contributed by atoms with Crippen LogP contribution < -0.4 is 0 Å². The van der Waals surface area contributed by atoms with Gasteiger partial charge in [0.2, 0.25) is 0 Å². The van der Waals surface area contributed by atoms with E-state index < -0.39 is 0 Å². The molecular formula is C9H9N3. The van der Waals surface area contributed by atoms with Crippen molar-refractivity contribution in [3.8, 4) is 11.3 Å². The highest BCUT2D eigenvalue weighted by Gasteiger charge is 1.99. The molecule has 0 bridgehead atoms. The number of nitrogens with one attached hydrogen (secondary N) is 1. The molecule has 2 aromatic rings. The molecule has 2 rings (SSSR count). The second-order valence-corrected chi connectivity index (χ2v) is 2.61. The van der Waals surface area contributed by atoms with Crippen LogP contribution in [0.4, 0.5) is 0 Å². The molecular weight excluding hydrogens is 150 g/mol. The second-order valence-electron chi connectivity index (χ2n) is 2.61. The summed E-state index contributed by atoms with van der Waals surface area (Å²) in [4.78, 5) is 11.3. The smallest absolute Gasteiger partial charge is 0.103 e. The lowest BCUT2D eigenvalue weighted by molar-refractivity contribution is 1.15. The van der Waals surface area contributed by atoms with Crippen LogP contribution in [0.25, 0.3) is 11.3 Å². The molecule has 0 aliphatic carbocycles. The zero-order chi connectivity index (χ0) is 8.39. The van der Waals surface area contributed by atoms with Crippen LogP contribution in [0.1, 0.15) is 5.82 Å². The van der Waals surface area contributed by atoms with Gasteiger partial charge in [0, 0.05) is 24.2 Å². The van der Waals surface area contributed by atoms with E-state index in [2.05, 4.69) is 15.0 Å². The maximum atomic E-state index is 4.29. The predicted molar refractivity (Wildman–Crippen MR) is 46.6 cm³/mol. The molecule has 1 N–H and O–H groups in total. The topological polar surface area (TPSA) is 41.6 Å². The molecule has 2 aromatic heterocycles. The van der Waals surface area contributed by atoms with Gasteiger partial charge >= 0.3 is 0 Å². The van der Waals surface area contributed by atoms with Crippen LogP contribution in [-0.2, 0) is 0 Å². The van der Waals surface area contributed by atoms with E-state index in [0.29, 0.717) is 0 Å². The fraction of sp³-hybridized carbons (Fsp3) is 0.111. The van der Waals surface area contributed by atoms with Gasteiger partial charge in [-0.05, 0) is 19.1 Å². The minimum Gasteiger partial charge on any atom is -0.348 e. The van der Waals surface area contributed by atoms with Crippen LogP contribution >= 0.6 is 0 Å². The van der Waals surface area contributed by atoms with Crippen LogP contribution in [0, 0.1) is 6.92 Å². The Balaban J connectivity index is 2.45. The number of aromatic nitrogens is 3. The van der Waals surface area contributed by atoms with Crippen LogP contribution in [0.15, 0.2) is 30.7 Å². The fourth-order valence-electron chi connectivity index (χ4n) is 1.08. The first-order chi connectivity index (χ1) is 5.86. The highest BCUT2D eigenvalue weighted by molar-refractivity contribution is 5.56. The molecule has 0 amide bonds. The third-order valence-electron chi connectivity index (χ3n) is 1.66. The average molecular weight is 159 g/mol. The number of pyridine rings is 1. The molecule has 0 aromatic carbocycles. The molecule has 0 aliphatic heterocycles. The summed E-state index contributed by atoms with van der Waals surface area (Å²) in [5, 5.41) is 0. The Morgan fingerprint density at radius 3 is 2.92 bits per heavy atom. The summed E-state index contributed by atoms with van der Waals surface area (Å²) in [7, 11) is 0. The summed E-state index contributed by atoms with van der Waals surface area (Å²) in [6.45, 7) is 1.93. The maximum Gasteiger partial charge on any atom is 0.103 e. The predicted octanol–water partition coefficient (Wildman–Crippen LogP) is 1.78. The third-order valence-corrected chi connectivity index (χ3v) is 1.66. The number of imidazole rings is 1. The van der Waals surface area contributed by atoms with Gasteiger partial charge in [-0.2, -0.15) is 0 Å². The highest BCUT2D eigenvalue weighted by atomic mass is 14.9.